The van der Waals surface area contributed by atoms with E-state index in [-0.39, 0.29) is 26.1 Å². The molecule has 1 N–H and O–H groups in total. The molecule has 0 saturated heterocycles. The summed E-state index contributed by atoms with van der Waals surface area (Å²) < 4.78 is 34.4. The zero-order chi connectivity index (χ0) is 55.6. The van der Waals surface area contributed by atoms with Gasteiger partial charge in [0.1, 0.15) is 19.8 Å². The number of phosphoric acid groups is 1. The first-order valence-electron chi connectivity index (χ1n) is 29.2. The highest BCUT2D eigenvalue weighted by Crippen LogP contribution is 2.43. The number of hydrogen-bond donors (Lipinski definition) is 1. The average Bonchev–Trinajstić information content (AvgIpc) is 3.38. The summed E-state index contributed by atoms with van der Waals surface area (Å²) in [7, 11) is 1.42. The van der Waals surface area contributed by atoms with E-state index < -0.39 is 32.5 Å². The number of rotatable bonds is 51. The van der Waals surface area contributed by atoms with Crippen molar-refractivity contribution in [3.8, 4) is 0 Å². The van der Waals surface area contributed by atoms with Crippen molar-refractivity contribution in [2.75, 3.05) is 47.5 Å². The minimum Gasteiger partial charge on any atom is -0.462 e. The lowest BCUT2D eigenvalue weighted by molar-refractivity contribution is -0.870. The first kappa shape index (κ1) is 71.6. The summed E-state index contributed by atoms with van der Waals surface area (Å²) in [4.78, 5) is 35.6. The molecule has 76 heavy (non-hydrogen) atoms. The van der Waals surface area contributed by atoms with Crippen LogP contribution < -0.4 is 0 Å². The van der Waals surface area contributed by atoms with Gasteiger partial charge < -0.3 is 18.9 Å². The Labute approximate surface area is 465 Å². The number of carbonyl (C=O) groups excluding carboxylic acids is 2. The van der Waals surface area contributed by atoms with Gasteiger partial charge in [-0.2, -0.15) is 0 Å². The van der Waals surface area contributed by atoms with Gasteiger partial charge in [-0.3, -0.25) is 18.6 Å². The summed E-state index contributed by atoms with van der Waals surface area (Å²) in [5, 5.41) is 0. The third kappa shape index (κ3) is 58.9. The zero-order valence-electron chi connectivity index (χ0n) is 48.4. The summed E-state index contributed by atoms with van der Waals surface area (Å²) in [5.74, 6) is -0.867. The van der Waals surface area contributed by atoms with Crippen LogP contribution in [0.5, 0.6) is 0 Å². The number of quaternary nitrogens is 1. The molecule has 0 aromatic carbocycles. The number of nitrogens with zero attached hydrogens (tertiary/aromatic N) is 1. The fourth-order valence-electron chi connectivity index (χ4n) is 7.05. The third-order valence-corrected chi connectivity index (χ3v) is 12.5. The molecule has 428 valence electrons. The molecule has 0 rings (SSSR count). The maximum Gasteiger partial charge on any atom is 0.472 e. The Kier molecular flexibility index (Phi) is 52.2. The molecular formula is C66H107NO8P+. The van der Waals surface area contributed by atoms with Crippen LogP contribution >= 0.6 is 7.82 Å². The molecule has 0 saturated carbocycles. The van der Waals surface area contributed by atoms with E-state index >= 15 is 0 Å². The Morgan fingerprint density at radius 3 is 1.13 bits per heavy atom. The summed E-state index contributed by atoms with van der Waals surface area (Å²) in [6.07, 6.45) is 83.2. The fourth-order valence-corrected chi connectivity index (χ4v) is 7.79. The monoisotopic (exact) mass is 1070 g/mol. The molecule has 9 nitrogen and oxygen atoms in total. The van der Waals surface area contributed by atoms with Gasteiger partial charge in [0.25, 0.3) is 0 Å². The van der Waals surface area contributed by atoms with Crippen LogP contribution in [-0.4, -0.2) is 74.9 Å². The number of carbonyl (C=O) groups is 2. The van der Waals surface area contributed by atoms with E-state index in [0.29, 0.717) is 23.9 Å². The molecule has 0 amide bonds. The third-order valence-electron chi connectivity index (χ3n) is 11.5. The van der Waals surface area contributed by atoms with Crippen molar-refractivity contribution in [1.82, 2.24) is 0 Å². The zero-order valence-corrected chi connectivity index (χ0v) is 49.3. The van der Waals surface area contributed by atoms with Crippen molar-refractivity contribution in [2.45, 2.75) is 200 Å². The second-order valence-electron chi connectivity index (χ2n) is 19.9. The Hall–Kier alpha value is -4.37. The van der Waals surface area contributed by atoms with Crippen molar-refractivity contribution in [3.63, 3.8) is 0 Å². The van der Waals surface area contributed by atoms with Crippen molar-refractivity contribution in [3.05, 3.63) is 158 Å². The van der Waals surface area contributed by atoms with E-state index in [2.05, 4.69) is 172 Å². The lowest BCUT2D eigenvalue weighted by Crippen LogP contribution is -2.37. The van der Waals surface area contributed by atoms with Crippen molar-refractivity contribution in [2.24, 2.45) is 0 Å². The van der Waals surface area contributed by atoms with Gasteiger partial charge in [0, 0.05) is 12.8 Å². The molecular weight excluding hydrogens is 966 g/mol. The predicted molar refractivity (Wildman–Crippen MR) is 325 cm³/mol. The van der Waals surface area contributed by atoms with Gasteiger partial charge in [-0.05, 0) is 128 Å². The minimum atomic E-state index is -4.41. The van der Waals surface area contributed by atoms with Gasteiger partial charge in [0.2, 0.25) is 0 Å². The molecule has 0 aliphatic heterocycles. The van der Waals surface area contributed by atoms with Crippen LogP contribution in [0.1, 0.15) is 194 Å². The van der Waals surface area contributed by atoms with Crippen LogP contribution in [0.2, 0.25) is 0 Å². The molecule has 0 bridgehead atoms. The van der Waals surface area contributed by atoms with Crippen LogP contribution in [-0.2, 0) is 32.7 Å². The van der Waals surface area contributed by atoms with Crippen molar-refractivity contribution >= 4 is 19.8 Å². The molecule has 10 heteroatoms. The molecule has 0 aliphatic rings. The van der Waals surface area contributed by atoms with Gasteiger partial charge in [-0.1, -0.05) is 210 Å². The highest BCUT2D eigenvalue weighted by atomic mass is 31.2. The quantitative estimate of drug-likeness (QED) is 0.0211. The standard InChI is InChI=1S/C66H106NO8P/c1-6-8-10-12-14-16-18-20-22-23-24-25-26-27-28-29-30-31-32-33-34-35-36-37-38-39-40-41-42-43-45-47-49-51-53-55-57-59-66(69)75-64(63-74-76(70,71)73-61-60-67(3,4)5)62-72-65(68)58-56-54-52-50-48-46-44-21-19-17-15-13-11-9-7-2/h8,10,14-17,20-22,24-25,27-28,30-31,33-34,36-37,39-40,42-44,47,49,64H,6-7,9,11-13,18-19,23,26,29,32,35,38,41,45-46,48,50-63H2,1-5H3/p+1/b10-8-,16-14-,17-15-,22-20-,25-24-,28-27-,31-30-,34-33-,37-36-,40-39-,43-42-,44-21-,49-47-. The minimum absolute atomic E-state index is 0.0135. The van der Waals surface area contributed by atoms with E-state index in [1.807, 2.05) is 21.1 Å². The summed E-state index contributed by atoms with van der Waals surface area (Å²) in [5.41, 5.74) is 0. The van der Waals surface area contributed by atoms with Gasteiger partial charge in [-0.25, -0.2) is 4.57 Å². The smallest absolute Gasteiger partial charge is 0.462 e. The topological polar surface area (TPSA) is 108 Å². The maximum atomic E-state index is 12.8. The Morgan fingerprint density at radius 2 is 0.750 bits per heavy atom. The molecule has 0 aromatic heterocycles. The van der Waals surface area contributed by atoms with Gasteiger partial charge in [0.05, 0.1) is 27.7 Å². The molecule has 2 unspecified atom stereocenters. The van der Waals surface area contributed by atoms with Crippen molar-refractivity contribution < 1.29 is 42.1 Å². The highest BCUT2D eigenvalue weighted by Gasteiger charge is 2.27. The average molecular weight is 1070 g/mol. The number of esters is 2. The van der Waals surface area contributed by atoms with E-state index in [1.54, 1.807) is 0 Å². The Morgan fingerprint density at radius 1 is 0.421 bits per heavy atom. The molecule has 0 spiro atoms. The first-order valence-corrected chi connectivity index (χ1v) is 30.7. The molecule has 0 radical (unpaired) electrons. The lowest BCUT2D eigenvalue weighted by atomic mass is 10.1. The predicted octanol–water partition coefficient (Wildman–Crippen LogP) is 18.5. The van der Waals surface area contributed by atoms with Gasteiger partial charge >= 0.3 is 19.8 Å². The van der Waals surface area contributed by atoms with E-state index in [9.17, 15) is 19.0 Å². The highest BCUT2D eigenvalue weighted by molar-refractivity contribution is 7.47. The van der Waals surface area contributed by atoms with E-state index in [0.717, 1.165) is 128 Å². The number of hydrogen-bond acceptors (Lipinski definition) is 7. The summed E-state index contributed by atoms with van der Waals surface area (Å²) in [6.45, 7) is 4.20. The maximum absolute atomic E-state index is 12.8. The second-order valence-corrected chi connectivity index (χ2v) is 21.4. The number of ether oxygens (including phenoxy) is 2. The molecule has 0 aliphatic carbocycles. The van der Waals surface area contributed by atoms with Gasteiger partial charge in [0.15, 0.2) is 6.10 Å². The number of likely N-dealkylation sites (N-methyl/N-ethyl adjacent to an activating group) is 1. The number of allylic oxidation sites excluding steroid dienone is 26. The van der Waals surface area contributed by atoms with E-state index in [4.69, 9.17) is 18.5 Å². The number of unbranched alkanes of at least 4 members (excludes halogenated alkanes) is 11. The Bertz CT molecular complexity index is 1840. The van der Waals surface area contributed by atoms with Crippen LogP contribution in [0.3, 0.4) is 0 Å². The van der Waals surface area contributed by atoms with E-state index in [1.165, 1.54) is 25.7 Å². The fraction of sp³-hybridized carbons (Fsp3) is 0.576. The molecule has 0 fully saturated rings. The second kappa shape index (κ2) is 55.4. The van der Waals surface area contributed by atoms with Gasteiger partial charge in [-0.15, -0.1) is 0 Å². The van der Waals surface area contributed by atoms with Crippen LogP contribution in [0, 0.1) is 0 Å². The van der Waals surface area contributed by atoms with Crippen molar-refractivity contribution in [1.29, 1.82) is 0 Å². The largest absolute Gasteiger partial charge is 0.472 e. The Balaban J connectivity index is 4.27. The molecule has 0 aromatic rings. The van der Waals surface area contributed by atoms with Crippen LogP contribution in [0.15, 0.2) is 158 Å². The number of phosphoric ester groups is 1. The van der Waals surface area contributed by atoms with Crippen LogP contribution in [0.25, 0.3) is 0 Å². The SMILES string of the molecule is CC/C=C\C/C=C\C/C=C\C/C=C\C/C=C\C/C=C\C/C=C\C/C=C\C/C=C\C/C=C\C/C=C\CCCCCC(=O)OC(COC(=O)CCCCCCC/C=C\C/C=C\CCCCC)COP(=O)(O)OCC[N+](C)(C)C. The molecule has 0 heterocycles. The molecule has 2 atom stereocenters. The summed E-state index contributed by atoms with van der Waals surface area (Å²) in [6, 6.07) is 0. The summed E-state index contributed by atoms with van der Waals surface area (Å²) >= 11 is 0. The normalized spacial score (nSPS) is 14.4. The first-order chi connectivity index (χ1) is 37.0. The van der Waals surface area contributed by atoms with Crippen LogP contribution in [0.4, 0.5) is 0 Å². The lowest BCUT2D eigenvalue weighted by Gasteiger charge is -2.24.